The number of aryl methyl sites for hydroxylation is 1. The molecule has 6 heteroatoms. The minimum absolute atomic E-state index is 0.242. The fourth-order valence-corrected chi connectivity index (χ4v) is 2.51. The van der Waals surface area contributed by atoms with Crippen LogP contribution in [0.5, 0.6) is 0 Å². The molecule has 0 atom stereocenters. The number of benzene rings is 1. The van der Waals surface area contributed by atoms with Crippen molar-refractivity contribution >= 4 is 29.4 Å². The third-order valence-electron chi connectivity index (χ3n) is 2.93. The number of hydrazone groups is 1. The van der Waals surface area contributed by atoms with Crippen LogP contribution in [-0.4, -0.2) is 18.0 Å². The molecule has 0 fully saturated rings. The van der Waals surface area contributed by atoms with E-state index in [-0.39, 0.29) is 12.3 Å². The molecular formula is C16H17N3O2S. The fourth-order valence-electron chi connectivity index (χ4n) is 1.72. The zero-order valence-electron chi connectivity index (χ0n) is 12.2. The smallest absolute Gasteiger partial charge is 0.249 e. The molecule has 2 rings (SSSR count). The van der Waals surface area contributed by atoms with Crippen molar-refractivity contribution in [1.82, 2.24) is 10.7 Å². The summed E-state index contributed by atoms with van der Waals surface area (Å²) in [5, 5.41) is 8.50. The first-order valence-electron chi connectivity index (χ1n) is 6.82. The summed E-state index contributed by atoms with van der Waals surface area (Å²) in [6.07, 6.45) is 1.34. The van der Waals surface area contributed by atoms with Gasteiger partial charge >= 0.3 is 0 Å². The van der Waals surface area contributed by atoms with E-state index in [4.69, 9.17) is 0 Å². The summed E-state index contributed by atoms with van der Waals surface area (Å²) < 4.78 is 0. The Morgan fingerprint density at radius 2 is 1.95 bits per heavy atom. The molecule has 0 radical (unpaired) electrons. The first-order valence-corrected chi connectivity index (χ1v) is 7.70. The van der Waals surface area contributed by atoms with E-state index in [9.17, 15) is 9.59 Å². The Kier molecular flexibility index (Phi) is 5.85. The van der Waals surface area contributed by atoms with Crippen molar-refractivity contribution in [2.45, 2.75) is 19.9 Å². The maximum Gasteiger partial charge on any atom is 0.249 e. The zero-order valence-corrected chi connectivity index (χ0v) is 13.0. The molecule has 0 unspecified atom stereocenters. The Balaban J connectivity index is 1.71. The molecule has 0 aliphatic heterocycles. The van der Waals surface area contributed by atoms with E-state index in [0.717, 1.165) is 16.0 Å². The minimum atomic E-state index is -0.434. The van der Waals surface area contributed by atoms with Crippen molar-refractivity contribution in [1.29, 1.82) is 0 Å². The zero-order chi connectivity index (χ0) is 15.8. The van der Waals surface area contributed by atoms with Gasteiger partial charge in [-0.3, -0.25) is 9.59 Å². The molecular weight excluding hydrogens is 298 g/mol. The van der Waals surface area contributed by atoms with Crippen LogP contribution >= 0.6 is 11.3 Å². The maximum absolute atomic E-state index is 11.7. The minimum Gasteiger partial charge on any atom is -0.352 e. The van der Waals surface area contributed by atoms with Crippen molar-refractivity contribution in [3.8, 4) is 0 Å². The van der Waals surface area contributed by atoms with Gasteiger partial charge in [0.1, 0.15) is 6.42 Å². The Hall–Kier alpha value is -2.47. The van der Waals surface area contributed by atoms with Crippen molar-refractivity contribution in [3.05, 3.63) is 57.8 Å². The lowest BCUT2D eigenvalue weighted by molar-refractivity contribution is -0.129. The summed E-state index contributed by atoms with van der Waals surface area (Å²) in [7, 11) is 0. The molecule has 1 heterocycles. The number of nitrogens with one attached hydrogen (secondary N) is 2. The predicted molar refractivity (Wildman–Crippen MR) is 87.7 cm³/mol. The molecule has 5 nitrogen and oxygen atoms in total. The Labute approximate surface area is 133 Å². The number of carbonyl (C=O) groups is 2. The van der Waals surface area contributed by atoms with Gasteiger partial charge in [0.05, 0.1) is 6.21 Å². The maximum atomic E-state index is 11.7. The molecule has 22 heavy (non-hydrogen) atoms. The van der Waals surface area contributed by atoms with Gasteiger partial charge in [-0.2, -0.15) is 5.10 Å². The molecule has 114 valence electrons. The van der Waals surface area contributed by atoms with Crippen LogP contribution in [0.3, 0.4) is 0 Å². The molecule has 0 aliphatic carbocycles. The highest BCUT2D eigenvalue weighted by molar-refractivity contribution is 7.11. The van der Waals surface area contributed by atoms with E-state index in [1.54, 1.807) is 17.6 Å². The summed E-state index contributed by atoms with van der Waals surface area (Å²) in [5.41, 5.74) is 4.44. The molecule has 1 aromatic carbocycles. The van der Waals surface area contributed by atoms with Gasteiger partial charge in [-0.1, -0.05) is 30.3 Å². The van der Waals surface area contributed by atoms with Gasteiger partial charge in [0.25, 0.3) is 0 Å². The molecule has 0 spiro atoms. The van der Waals surface area contributed by atoms with E-state index >= 15 is 0 Å². The van der Waals surface area contributed by atoms with Crippen molar-refractivity contribution in [3.63, 3.8) is 0 Å². The topological polar surface area (TPSA) is 70.6 Å². The highest BCUT2D eigenvalue weighted by Crippen LogP contribution is 2.12. The Bertz CT molecular complexity index is 665. The molecule has 0 saturated carbocycles. The van der Waals surface area contributed by atoms with Crippen molar-refractivity contribution in [2.24, 2.45) is 5.10 Å². The molecule has 2 aromatic rings. The summed E-state index contributed by atoms with van der Waals surface area (Å²) >= 11 is 1.54. The average Bonchev–Trinajstić information content (AvgIpc) is 2.92. The first kappa shape index (κ1) is 15.9. The quantitative estimate of drug-likeness (QED) is 0.487. The lowest BCUT2D eigenvalue weighted by Gasteiger charge is -2.04. The van der Waals surface area contributed by atoms with Gasteiger partial charge < -0.3 is 5.32 Å². The normalized spacial score (nSPS) is 10.6. The predicted octanol–water partition coefficient (Wildman–Crippen LogP) is 2.21. The Morgan fingerprint density at radius 3 is 2.64 bits per heavy atom. The van der Waals surface area contributed by atoms with E-state index in [2.05, 4.69) is 15.8 Å². The first-order chi connectivity index (χ1) is 10.6. The lowest BCUT2D eigenvalue weighted by Crippen LogP contribution is -2.29. The van der Waals surface area contributed by atoms with Crippen molar-refractivity contribution in [2.75, 3.05) is 0 Å². The second-order valence-electron chi connectivity index (χ2n) is 4.70. The summed E-state index contributed by atoms with van der Waals surface area (Å²) in [4.78, 5) is 24.2. The van der Waals surface area contributed by atoms with E-state index in [0.29, 0.717) is 6.54 Å². The molecule has 0 saturated heterocycles. The van der Waals surface area contributed by atoms with E-state index in [1.807, 2.05) is 48.7 Å². The molecule has 0 aliphatic rings. The standard InChI is InChI=1S/C16H17N3O2S/c1-12-7-8-22-14(12)11-18-19-16(21)9-15(20)17-10-13-5-3-2-4-6-13/h2-8,11H,9-10H2,1H3,(H,17,20)(H,19,21)/b18-11+. The van der Waals surface area contributed by atoms with Crippen LogP contribution in [0.25, 0.3) is 0 Å². The monoisotopic (exact) mass is 315 g/mol. The van der Waals surface area contributed by atoms with Crippen LogP contribution in [0.15, 0.2) is 46.9 Å². The van der Waals surface area contributed by atoms with E-state index in [1.165, 1.54) is 0 Å². The van der Waals surface area contributed by atoms with Crippen LogP contribution < -0.4 is 10.7 Å². The third kappa shape index (κ3) is 5.14. The number of amides is 2. The number of hydrogen-bond acceptors (Lipinski definition) is 4. The number of carbonyl (C=O) groups excluding carboxylic acids is 2. The number of nitrogens with zero attached hydrogens (tertiary/aromatic N) is 1. The van der Waals surface area contributed by atoms with Gasteiger partial charge in [0.2, 0.25) is 11.8 Å². The highest BCUT2D eigenvalue weighted by atomic mass is 32.1. The molecule has 1 aromatic heterocycles. The third-order valence-corrected chi connectivity index (χ3v) is 3.88. The second-order valence-corrected chi connectivity index (χ2v) is 5.65. The van der Waals surface area contributed by atoms with Crippen LogP contribution in [0, 0.1) is 6.92 Å². The van der Waals surface area contributed by atoms with Crippen LogP contribution in [0.1, 0.15) is 22.4 Å². The number of rotatable bonds is 6. The second kappa shape index (κ2) is 8.09. The number of hydrogen-bond donors (Lipinski definition) is 2. The van der Waals surface area contributed by atoms with Gasteiger partial charge in [0.15, 0.2) is 0 Å². The average molecular weight is 315 g/mol. The number of thiophene rings is 1. The molecule has 0 bridgehead atoms. The van der Waals surface area contributed by atoms with Crippen molar-refractivity contribution < 1.29 is 9.59 Å². The summed E-state index contributed by atoms with van der Waals surface area (Å²) in [6.45, 7) is 2.38. The summed E-state index contributed by atoms with van der Waals surface area (Å²) in [5.74, 6) is -0.764. The fraction of sp³-hybridized carbons (Fsp3) is 0.188. The van der Waals surface area contributed by atoms with Crippen LogP contribution in [0.4, 0.5) is 0 Å². The Morgan fingerprint density at radius 1 is 1.18 bits per heavy atom. The molecule has 2 amide bonds. The van der Waals surface area contributed by atoms with Gasteiger partial charge in [-0.05, 0) is 29.5 Å². The highest BCUT2D eigenvalue weighted by Gasteiger charge is 2.08. The summed E-state index contributed by atoms with van der Waals surface area (Å²) in [6, 6.07) is 11.5. The van der Waals surface area contributed by atoms with Gasteiger partial charge in [-0.15, -0.1) is 11.3 Å². The van der Waals surface area contributed by atoms with Crippen LogP contribution in [0.2, 0.25) is 0 Å². The SMILES string of the molecule is Cc1ccsc1/C=N/NC(=O)CC(=O)NCc1ccccc1. The van der Waals surface area contributed by atoms with E-state index < -0.39 is 5.91 Å². The van der Waals surface area contributed by atoms with Crippen LogP contribution in [-0.2, 0) is 16.1 Å². The largest absolute Gasteiger partial charge is 0.352 e. The van der Waals surface area contributed by atoms with Gasteiger partial charge in [-0.25, -0.2) is 5.43 Å². The molecule has 2 N–H and O–H groups in total. The lowest BCUT2D eigenvalue weighted by atomic mass is 10.2. The van der Waals surface area contributed by atoms with Gasteiger partial charge in [0, 0.05) is 11.4 Å².